The van der Waals surface area contributed by atoms with E-state index in [2.05, 4.69) is 20.5 Å². The van der Waals surface area contributed by atoms with E-state index < -0.39 is 29.6 Å². The fourth-order valence-electron chi connectivity index (χ4n) is 4.68. The van der Waals surface area contributed by atoms with Gasteiger partial charge in [-0.3, -0.25) is 19.4 Å². The van der Waals surface area contributed by atoms with Crippen LogP contribution >= 0.6 is 11.3 Å². The lowest BCUT2D eigenvalue weighted by Gasteiger charge is -2.48. The summed E-state index contributed by atoms with van der Waals surface area (Å²) in [5.74, 6) is -0.147. The summed E-state index contributed by atoms with van der Waals surface area (Å²) >= 11 is 1.42. The van der Waals surface area contributed by atoms with Gasteiger partial charge in [0.05, 0.1) is 5.69 Å². The molecule has 0 radical (unpaired) electrons. The van der Waals surface area contributed by atoms with Crippen LogP contribution in [0, 0.1) is 0 Å². The van der Waals surface area contributed by atoms with Gasteiger partial charge in [0.2, 0.25) is 11.8 Å². The number of amides is 4. The number of aromatic nitrogens is 1. The van der Waals surface area contributed by atoms with Crippen LogP contribution in [0.2, 0.25) is 0 Å². The fraction of sp³-hybridized carbons (Fsp3) is 0.581. The summed E-state index contributed by atoms with van der Waals surface area (Å²) in [6.45, 7) is 12.9. The molecule has 2 rings (SSSR count). The van der Waals surface area contributed by atoms with Crippen molar-refractivity contribution in [3.63, 3.8) is 0 Å². The first kappa shape index (κ1) is 37.3. The Kier molecular flexibility index (Phi) is 12.7. The maximum atomic E-state index is 12.4. The zero-order valence-corrected chi connectivity index (χ0v) is 28.9. The summed E-state index contributed by atoms with van der Waals surface area (Å²) in [7, 11) is 5.41. The largest absolute Gasteiger partial charge is 0.465 e. The third-order valence-corrected chi connectivity index (χ3v) is 7.93. The second-order valence-electron chi connectivity index (χ2n) is 13.2. The molecular formula is C31H49N7O6S. The summed E-state index contributed by atoms with van der Waals surface area (Å²) in [6.07, 6.45) is -2.04. The first-order chi connectivity index (χ1) is 20.7. The predicted molar refractivity (Wildman–Crippen MR) is 177 cm³/mol. The summed E-state index contributed by atoms with van der Waals surface area (Å²) in [6, 6.07) is 7.41. The van der Waals surface area contributed by atoms with E-state index in [4.69, 9.17) is 0 Å². The maximum absolute atomic E-state index is 12.4. The Bertz CT molecular complexity index is 1300. The number of aryl methyl sites for hydroxylation is 2. The smallest absolute Gasteiger partial charge is 0.410 e. The normalized spacial score (nSPS) is 11.8. The zero-order valence-electron chi connectivity index (χ0n) is 28.1. The molecule has 1 aromatic carbocycles. The molecule has 45 heavy (non-hydrogen) atoms. The van der Waals surface area contributed by atoms with Crippen LogP contribution in [0.5, 0.6) is 0 Å². The van der Waals surface area contributed by atoms with Crippen LogP contribution in [-0.4, -0.2) is 104 Å². The molecule has 14 heteroatoms. The number of carboxylic acid groups (broad SMARTS) is 2. The van der Waals surface area contributed by atoms with Gasteiger partial charge in [-0.15, -0.1) is 11.3 Å². The Labute approximate surface area is 270 Å². The lowest BCUT2D eigenvalue weighted by atomic mass is 10.0. The lowest BCUT2D eigenvalue weighted by molar-refractivity contribution is -0.129. The van der Waals surface area contributed by atoms with E-state index >= 15 is 0 Å². The minimum atomic E-state index is -1.25. The van der Waals surface area contributed by atoms with Crippen molar-refractivity contribution in [3.8, 4) is 0 Å². The predicted octanol–water partition coefficient (Wildman–Crippen LogP) is 5.05. The van der Waals surface area contributed by atoms with Gasteiger partial charge in [0, 0.05) is 62.2 Å². The third-order valence-electron chi connectivity index (χ3n) is 6.93. The second kappa shape index (κ2) is 15.4. The number of thiazole rings is 1. The van der Waals surface area contributed by atoms with Gasteiger partial charge in [-0.25, -0.2) is 14.6 Å². The molecule has 0 bridgehead atoms. The van der Waals surface area contributed by atoms with Gasteiger partial charge in [0.1, 0.15) is 0 Å². The number of hydrogen-bond acceptors (Lipinski definition) is 8. The summed E-state index contributed by atoms with van der Waals surface area (Å²) in [5.41, 5.74) is 0.616. The highest BCUT2D eigenvalue weighted by molar-refractivity contribution is 7.15. The van der Waals surface area contributed by atoms with Crippen LogP contribution in [0.3, 0.4) is 0 Å². The van der Waals surface area contributed by atoms with Crippen LogP contribution in [0.25, 0.3) is 0 Å². The van der Waals surface area contributed by atoms with E-state index in [1.807, 2.05) is 19.2 Å². The number of benzene rings is 1. The SMILES string of the molecule is CC(=O)Nc1nc(CCc2ccc(NC(N(C(=O)O)C(C)(C)C)N(C(=O)O)C(C)(C)C)cc2)c(CN(C)CCC(=O)N(C)C)s1. The minimum Gasteiger partial charge on any atom is -0.465 e. The Hall–Kier alpha value is -3.91. The molecule has 0 fully saturated rings. The molecule has 1 heterocycles. The quantitative estimate of drug-likeness (QED) is 0.218. The van der Waals surface area contributed by atoms with Crippen molar-refractivity contribution in [2.24, 2.45) is 0 Å². The summed E-state index contributed by atoms with van der Waals surface area (Å²) < 4.78 is 0. The molecule has 0 aliphatic heterocycles. The molecule has 0 spiro atoms. The number of nitrogens with zero attached hydrogens (tertiary/aromatic N) is 5. The lowest BCUT2D eigenvalue weighted by Crippen LogP contribution is -2.66. The zero-order chi connectivity index (χ0) is 34.3. The van der Waals surface area contributed by atoms with Crippen molar-refractivity contribution in [1.82, 2.24) is 24.6 Å². The van der Waals surface area contributed by atoms with Crippen LogP contribution in [0.4, 0.5) is 20.4 Å². The van der Waals surface area contributed by atoms with Crippen molar-refractivity contribution < 1.29 is 29.4 Å². The second-order valence-corrected chi connectivity index (χ2v) is 14.3. The Morgan fingerprint density at radius 1 is 0.889 bits per heavy atom. The van der Waals surface area contributed by atoms with Crippen molar-refractivity contribution in [1.29, 1.82) is 0 Å². The Morgan fingerprint density at radius 2 is 1.42 bits per heavy atom. The van der Waals surface area contributed by atoms with E-state index in [9.17, 15) is 29.4 Å². The third kappa shape index (κ3) is 11.2. The monoisotopic (exact) mass is 647 g/mol. The van der Waals surface area contributed by atoms with Gasteiger partial charge in [-0.1, -0.05) is 12.1 Å². The van der Waals surface area contributed by atoms with Crippen molar-refractivity contribution in [3.05, 3.63) is 40.4 Å². The summed E-state index contributed by atoms with van der Waals surface area (Å²) in [4.78, 5) is 60.0. The van der Waals surface area contributed by atoms with Gasteiger partial charge in [-0.2, -0.15) is 0 Å². The molecule has 250 valence electrons. The molecule has 0 saturated heterocycles. The van der Waals surface area contributed by atoms with Crippen LogP contribution in [-0.2, 0) is 29.0 Å². The molecular weight excluding hydrogens is 598 g/mol. The molecule has 0 saturated carbocycles. The standard InChI is InChI=1S/C31H49N7O6S/c1-20(39)32-26-34-23(24(45-26)19-36(10)18-17-25(40)35(8)9)16-13-21-11-14-22(15-12-21)33-27(37(28(41)42)30(2,3)4)38(29(43)44)31(5,6)7/h11-12,14-15,27,33H,13,16-19H2,1-10H3,(H,41,42)(H,43,44)(H,32,34,39). The molecule has 1 aromatic heterocycles. The van der Waals surface area contributed by atoms with Gasteiger partial charge in [0.25, 0.3) is 0 Å². The van der Waals surface area contributed by atoms with E-state index in [0.717, 1.165) is 25.9 Å². The highest BCUT2D eigenvalue weighted by Crippen LogP contribution is 2.29. The number of carbonyl (C=O) groups is 4. The topological polar surface area (TPSA) is 159 Å². The maximum Gasteiger partial charge on any atom is 0.410 e. The highest BCUT2D eigenvalue weighted by Gasteiger charge is 2.43. The van der Waals surface area contributed by atoms with Gasteiger partial charge < -0.3 is 30.6 Å². The van der Waals surface area contributed by atoms with E-state index in [0.29, 0.717) is 43.2 Å². The van der Waals surface area contributed by atoms with Gasteiger partial charge in [-0.05, 0) is 79.1 Å². The Morgan fingerprint density at radius 3 is 1.87 bits per heavy atom. The van der Waals surface area contributed by atoms with Crippen LogP contribution in [0.1, 0.15) is 71.0 Å². The van der Waals surface area contributed by atoms with Crippen LogP contribution in [0.15, 0.2) is 24.3 Å². The van der Waals surface area contributed by atoms with Gasteiger partial charge >= 0.3 is 12.2 Å². The first-order valence-electron chi connectivity index (χ1n) is 14.8. The van der Waals surface area contributed by atoms with E-state index in [1.54, 1.807) is 72.7 Å². The minimum absolute atomic E-state index is 0.0534. The van der Waals surface area contributed by atoms with E-state index in [1.165, 1.54) is 18.3 Å². The molecule has 0 unspecified atom stereocenters. The molecule has 0 aliphatic carbocycles. The average molecular weight is 648 g/mol. The number of rotatable bonds is 13. The number of nitrogens with one attached hydrogen (secondary N) is 2. The molecule has 0 aliphatic rings. The van der Waals surface area contributed by atoms with Crippen molar-refractivity contribution in [2.45, 2.75) is 91.6 Å². The molecule has 13 nitrogen and oxygen atoms in total. The highest BCUT2D eigenvalue weighted by atomic mass is 32.1. The number of anilines is 2. The fourth-order valence-corrected chi connectivity index (χ4v) is 5.82. The molecule has 4 amide bonds. The molecule has 4 N–H and O–H groups in total. The number of carbonyl (C=O) groups excluding carboxylic acids is 2. The van der Waals surface area contributed by atoms with Gasteiger partial charge in [0.15, 0.2) is 11.4 Å². The Balaban J connectivity index is 2.26. The van der Waals surface area contributed by atoms with E-state index in [-0.39, 0.29) is 11.8 Å². The molecule has 2 aromatic rings. The molecule has 0 atom stereocenters. The van der Waals surface area contributed by atoms with Crippen molar-refractivity contribution >= 4 is 46.2 Å². The number of hydrogen-bond donors (Lipinski definition) is 4. The van der Waals surface area contributed by atoms with Crippen molar-refractivity contribution in [2.75, 3.05) is 38.3 Å². The average Bonchev–Trinajstić information content (AvgIpc) is 3.24. The summed E-state index contributed by atoms with van der Waals surface area (Å²) in [5, 5.41) is 26.6. The van der Waals surface area contributed by atoms with Crippen LogP contribution < -0.4 is 10.6 Å². The first-order valence-corrected chi connectivity index (χ1v) is 15.6.